The smallest absolute Gasteiger partial charge is 0.337 e. The molecule has 0 aliphatic heterocycles. The summed E-state index contributed by atoms with van der Waals surface area (Å²) in [5.74, 6) is -1.09. The van der Waals surface area contributed by atoms with Crippen LogP contribution in [-0.4, -0.2) is 17.1 Å². The second kappa shape index (κ2) is 6.56. The van der Waals surface area contributed by atoms with Gasteiger partial charge in [-0.15, -0.1) is 0 Å². The number of hydrogen-bond donors (Lipinski definition) is 3. The average Bonchev–Trinajstić information content (AvgIpc) is 2.48. The Labute approximate surface area is 122 Å². The molecule has 0 spiro atoms. The highest BCUT2D eigenvalue weighted by molar-refractivity contribution is 6.04. The van der Waals surface area contributed by atoms with Crippen LogP contribution < -0.4 is 10.6 Å². The minimum atomic E-state index is -1.09. The van der Waals surface area contributed by atoms with Gasteiger partial charge in [-0.3, -0.25) is 0 Å². The zero-order valence-corrected chi connectivity index (χ0v) is 11.6. The van der Waals surface area contributed by atoms with E-state index in [9.17, 15) is 9.59 Å². The average molecular weight is 284 g/mol. The van der Waals surface area contributed by atoms with Crippen LogP contribution in [0.2, 0.25) is 0 Å². The lowest BCUT2D eigenvalue weighted by molar-refractivity contribution is 0.0698. The molecule has 0 aromatic heterocycles. The van der Waals surface area contributed by atoms with Crippen LogP contribution in [0.25, 0.3) is 0 Å². The van der Waals surface area contributed by atoms with Crippen molar-refractivity contribution in [2.75, 3.05) is 10.6 Å². The molecule has 5 heteroatoms. The fourth-order valence-corrected chi connectivity index (χ4v) is 1.89. The first-order chi connectivity index (χ1) is 10.1. The summed E-state index contributed by atoms with van der Waals surface area (Å²) in [7, 11) is 0. The molecule has 2 rings (SSSR count). The normalized spacial score (nSPS) is 9.95. The molecule has 108 valence electrons. The standard InChI is InChI=1S/C16H16N2O3/c1-2-11-7-9-12(10-8-11)17-16(21)18-14-6-4-3-5-13(14)15(19)20/h3-10H,2H2,1H3,(H,19,20)(H2,17,18,21). The minimum absolute atomic E-state index is 0.0500. The number of para-hydroxylation sites is 1. The molecule has 0 atom stereocenters. The van der Waals surface area contributed by atoms with E-state index in [0.29, 0.717) is 5.69 Å². The number of anilines is 2. The number of carboxylic acids is 1. The highest BCUT2D eigenvalue weighted by Crippen LogP contribution is 2.16. The van der Waals surface area contributed by atoms with Gasteiger partial charge in [-0.2, -0.15) is 0 Å². The summed E-state index contributed by atoms with van der Waals surface area (Å²) in [4.78, 5) is 23.0. The first-order valence-electron chi connectivity index (χ1n) is 6.59. The van der Waals surface area contributed by atoms with Gasteiger partial charge >= 0.3 is 12.0 Å². The Kier molecular flexibility index (Phi) is 4.56. The molecule has 0 bridgehead atoms. The van der Waals surface area contributed by atoms with Crippen LogP contribution in [0.3, 0.4) is 0 Å². The van der Waals surface area contributed by atoms with Crippen molar-refractivity contribution in [1.82, 2.24) is 0 Å². The molecule has 0 aliphatic rings. The van der Waals surface area contributed by atoms with E-state index in [1.165, 1.54) is 11.6 Å². The molecule has 0 heterocycles. The lowest BCUT2D eigenvalue weighted by Gasteiger charge is -2.10. The number of aryl methyl sites for hydroxylation is 1. The molecular weight excluding hydrogens is 268 g/mol. The summed E-state index contributed by atoms with van der Waals surface area (Å²) in [6, 6.07) is 13.3. The van der Waals surface area contributed by atoms with Crippen molar-refractivity contribution < 1.29 is 14.7 Å². The van der Waals surface area contributed by atoms with E-state index < -0.39 is 12.0 Å². The van der Waals surface area contributed by atoms with Crippen molar-refractivity contribution in [3.8, 4) is 0 Å². The second-order valence-corrected chi connectivity index (χ2v) is 4.48. The van der Waals surface area contributed by atoms with Gasteiger partial charge in [0.2, 0.25) is 0 Å². The number of carbonyl (C=O) groups excluding carboxylic acids is 1. The molecule has 3 N–H and O–H groups in total. The number of urea groups is 1. The quantitative estimate of drug-likeness (QED) is 0.802. The fourth-order valence-electron chi connectivity index (χ4n) is 1.89. The molecule has 5 nitrogen and oxygen atoms in total. The number of nitrogens with one attached hydrogen (secondary N) is 2. The number of benzene rings is 2. The highest BCUT2D eigenvalue weighted by Gasteiger charge is 2.11. The van der Waals surface area contributed by atoms with Crippen molar-refractivity contribution in [1.29, 1.82) is 0 Å². The van der Waals surface area contributed by atoms with Crippen LogP contribution in [0.4, 0.5) is 16.2 Å². The summed E-state index contributed by atoms with van der Waals surface area (Å²) in [5.41, 5.74) is 2.14. The molecule has 2 aromatic rings. The van der Waals surface area contributed by atoms with Crippen LogP contribution in [-0.2, 0) is 6.42 Å². The Morgan fingerprint density at radius 3 is 2.29 bits per heavy atom. The predicted molar refractivity (Wildman–Crippen MR) is 81.9 cm³/mol. The Hall–Kier alpha value is -2.82. The van der Waals surface area contributed by atoms with Gasteiger partial charge < -0.3 is 15.7 Å². The van der Waals surface area contributed by atoms with Gasteiger partial charge in [0.1, 0.15) is 0 Å². The summed E-state index contributed by atoms with van der Waals surface area (Å²) in [6.07, 6.45) is 0.929. The summed E-state index contributed by atoms with van der Waals surface area (Å²) >= 11 is 0. The first kappa shape index (κ1) is 14.6. The molecule has 0 aliphatic carbocycles. The number of aromatic carboxylic acids is 1. The highest BCUT2D eigenvalue weighted by atomic mass is 16.4. The Morgan fingerprint density at radius 2 is 1.67 bits per heavy atom. The molecule has 0 unspecified atom stereocenters. The topological polar surface area (TPSA) is 78.4 Å². The Bertz CT molecular complexity index is 651. The van der Waals surface area contributed by atoms with E-state index in [4.69, 9.17) is 5.11 Å². The van der Waals surface area contributed by atoms with Gasteiger partial charge in [0, 0.05) is 5.69 Å². The van der Waals surface area contributed by atoms with Gasteiger partial charge in [0.05, 0.1) is 11.3 Å². The molecule has 0 saturated carbocycles. The van der Waals surface area contributed by atoms with E-state index in [0.717, 1.165) is 6.42 Å². The van der Waals surface area contributed by atoms with Crippen LogP contribution in [0, 0.1) is 0 Å². The number of carbonyl (C=O) groups is 2. The van der Waals surface area contributed by atoms with Crippen molar-refractivity contribution in [2.45, 2.75) is 13.3 Å². The largest absolute Gasteiger partial charge is 0.478 e. The lowest BCUT2D eigenvalue weighted by atomic mass is 10.1. The molecule has 0 fully saturated rings. The summed E-state index contributed by atoms with van der Waals surface area (Å²) in [6.45, 7) is 2.05. The van der Waals surface area contributed by atoms with Crippen molar-refractivity contribution in [3.05, 3.63) is 59.7 Å². The zero-order chi connectivity index (χ0) is 15.2. The number of rotatable bonds is 4. The SMILES string of the molecule is CCc1ccc(NC(=O)Nc2ccccc2C(=O)O)cc1. The van der Waals surface area contributed by atoms with Crippen LogP contribution >= 0.6 is 0 Å². The van der Waals surface area contributed by atoms with Gasteiger partial charge in [-0.1, -0.05) is 31.2 Å². The maximum absolute atomic E-state index is 11.9. The predicted octanol–water partition coefficient (Wildman–Crippen LogP) is 3.59. The molecule has 2 aromatic carbocycles. The molecule has 0 radical (unpaired) electrons. The van der Waals surface area contributed by atoms with Gasteiger partial charge in [0.15, 0.2) is 0 Å². The number of hydrogen-bond acceptors (Lipinski definition) is 2. The summed E-state index contributed by atoms with van der Waals surface area (Å²) in [5, 5.41) is 14.3. The third-order valence-corrected chi connectivity index (χ3v) is 3.03. The van der Waals surface area contributed by atoms with Crippen LogP contribution in [0.1, 0.15) is 22.8 Å². The molecule has 2 amide bonds. The van der Waals surface area contributed by atoms with Crippen LogP contribution in [0.15, 0.2) is 48.5 Å². The lowest BCUT2D eigenvalue weighted by Crippen LogP contribution is -2.20. The van der Waals surface area contributed by atoms with E-state index in [1.807, 2.05) is 24.3 Å². The maximum Gasteiger partial charge on any atom is 0.337 e. The van der Waals surface area contributed by atoms with Gasteiger partial charge in [-0.05, 0) is 36.2 Å². The third kappa shape index (κ3) is 3.82. The minimum Gasteiger partial charge on any atom is -0.478 e. The summed E-state index contributed by atoms with van der Waals surface area (Å²) < 4.78 is 0. The van der Waals surface area contributed by atoms with Gasteiger partial charge in [-0.25, -0.2) is 9.59 Å². The van der Waals surface area contributed by atoms with Gasteiger partial charge in [0.25, 0.3) is 0 Å². The first-order valence-corrected chi connectivity index (χ1v) is 6.59. The monoisotopic (exact) mass is 284 g/mol. The third-order valence-electron chi connectivity index (χ3n) is 3.03. The van der Waals surface area contributed by atoms with E-state index in [-0.39, 0.29) is 11.3 Å². The Balaban J connectivity index is 2.06. The maximum atomic E-state index is 11.9. The van der Waals surface area contributed by atoms with E-state index in [1.54, 1.807) is 18.2 Å². The molecular formula is C16H16N2O3. The number of carboxylic acid groups (broad SMARTS) is 1. The molecule has 0 saturated heterocycles. The van der Waals surface area contributed by atoms with E-state index in [2.05, 4.69) is 17.6 Å². The van der Waals surface area contributed by atoms with E-state index >= 15 is 0 Å². The number of amides is 2. The zero-order valence-electron chi connectivity index (χ0n) is 11.6. The Morgan fingerprint density at radius 1 is 1.00 bits per heavy atom. The second-order valence-electron chi connectivity index (χ2n) is 4.48. The molecule has 21 heavy (non-hydrogen) atoms. The van der Waals surface area contributed by atoms with Crippen LogP contribution in [0.5, 0.6) is 0 Å². The van der Waals surface area contributed by atoms with Crippen molar-refractivity contribution in [2.24, 2.45) is 0 Å². The fraction of sp³-hybridized carbons (Fsp3) is 0.125. The van der Waals surface area contributed by atoms with Crippen molar-refractivity contribution >= 4 is 23.4 Å². The van der Waals surface area contributed by atoms with Crippen molar-refractivity contribution in [3.63, 3.8) is 0 Å².